The van der Waals surface area contributed by atoms with Crippen molar-refractivity contribution >= 4 is 5.91 Å². The molecule has 96 valence electrons. The molecule has 1 rings (SSSR count). The summed E-state index contributed by atoms with van der Waals surface area (Å²) in [6, 6.07) is 2.15. The van der Waals surface area contributed by atoms with Gasteiger partial charge in [0.2, 0.25) is 5.91 Å². The molecule has 1 aliphatic carbocycles. The van der Waals surface area contributed by atoms with Gasteiger partial charge in [0, 0.05) is 6.54 Å². The number of rotatable bonds is 5. The van der Waals surface area contributed by atoms with Crippen LogP contribution in [0.2, 0.25) is 0 Å². The maximum atomic E-state index is 12.0. The number of amides is 1. The van der Waals surface area contributed by atoms with Gasteiger partial charge in [-0.3, -0.25) is 4.79 Å². The molecule has 0 radical (unpaired) electrons. The number of hydrogen-bond donors (Lipinski definition) is 2. The zero-order chi connectivity index (χ0) is 12.9. The Kier molecular flexibility index (Phi) is 4.95. The highest BCUT2D eigenvalue weighted by Crippen LogP contribution is 2.37. The van der Waals surface area contributed by atoms with Crippen LogP contribution in [-0.4, -0.2) is 23.7 Å². The summed E-state index contributed by atoms with van der Waals surface area (Å²) in [6.07, 6.45) is 3.52. The van der Waals surface area contributed by atoms with Crippen LogP contribution in [0.4, 0.5) is 0 Å². The smallest absolute Gasteiger partial charge is 0.240 e. The predicted molar refractivity (Wildman–Crippen MR) is 65.0 cm³/mol. The molecule has 0 aromatic carbocycles. The topological polar surface area (TPSA) is 73.1 Å². The molecule has 2 unspecified atom stereocenters. The molecule has 1 aliphatic rings. The first-order valence-electron chi connectivity index (χ1n) is 6.43. The van der Waals surface area contributed by atoms with Crippen LogP contribution in [-0.2, 0) is 4.79 Å². The number of nitrogens with one attached hydrogen (secondary N) is 1. The molecule has 0 saturated heterocycles. The standard InChI is InChI=1S/C13H22N2O2/c1-3-10(2)11(16)8-15-12(17)13(9-14)6-4-5-7-13/h10-11,16H,3-8H2,1-2H3,(H,15,17). The van der Waals surface area contributed by atoms with Crippen molar-refractivity contribution in [2.75, 3.05) is 6.54 Å². The van der Waals surface area contributed by atoms with Crippen LogP contribution in [0.3, 0.4) is 0 Å². The molecule has 1 amide bonds. The van der Waals surface area contributed by atoms with Crippen LogP contribution in [0.5, 0.6) is 0 Å². The maximum absolute atomic E-state index is 12.0. The van der Waals surface area contributed by atoms with Crippen molar-refractivity contribution in [3.8, 4) is 6.07 Å². The van der Waals surface area contributed by atoms with Gasteiger partial charge in [0.05, 0.1) is 12.2 Å². The van der Waals surface area contributed by atoms with E-state index in [2.05, 4.69) is 11.4 Å². The van der Waals surface area contributed by atoms with Gasteiger partial charge in [-0.2, -0.15) is 5.26 Å². The molecule has 0 spiro atoms. The predicted octanol–water partition coefficient (Wildman–Crippen LogP) is 1.59. The highest BCUT2D eigenvalue weighted by Gasteiger charge is 2.41. The van der Waals surface area contributed by atoms with Crippen LogP contribution in [0, 0.1) is 22.7 Å². The Morgan fingerprint density at radius 1 is 1.53 bits per heavy atom. The molecule has 4 nitrogen and oxygen atoms in total. The Morgan fingerprint density at radius 2 is 2.12 bits per heavy atom. The quantitative estimate of drug-likeness (QED) is 0.764. The van der Waals surface area contributed by atoms with E-state index < -0.39 is 11.5 Å². The maximum Gasteiger partial charge on any atom is 0.240 e. The molecule has 2 N–H and O–H groups in total. The third-order valence-electron chi connectivity index (χ3n) is 3.88. The fourth-order valence-corrected chi connectivity index (χ4v) is 2.21. The first kappa shape index (κ1) is 14.0. The normalized spacial score (nSPS) is 21.5. The van der Waals surface area contributed by atoms with E-state index in [4.69, 9.17) is 5.26 Å². The molecule has 0 aliphatic heterocycles. The lowest BCUT2D eigenvalue weighted by Crippen LogP contribution is -2.43. The molecular weight excluding hydrogens is 216 g/mol. The monoisotopic (exact) mass is 238 g/mol. The Morgan fingerprint density at radius 3 is 2.59 bits per heavy atom. The zero-order valence-electron chi connectivity index (χ0n) is 10.7. The zero-order valence-corrected chi connectivity index (χ0v) is 10.7. The molecule has 4 heteroatoms. The number of aliphatic hydroxyl groups is 1. The van der Waals surface area contributed by atoms with Crippen molar-refractivity contribution in [1.29, 1.82) is 5.26 Å². The van der Waals surface area contributed by atoms with E-state index in [-0.39, 0.29) is 18.4 Å². The Bertz CT molecular complexity index is 303. The van der Waals surface area contributed by atoms with Gasteiger partial charge in [-0.25, -0.2) is 0 Å². The van der Waals surface area contributed by atoms with Gasteiger partial charge in [-0.05, 0) is 18.8 Å². The fraction of sp³-hybridized carbons (Fsp3) is 0.846. The number of carbonyl (C=O) groups excluding carboxylic acids is 1. The van der Waals surface area contributed by atoms with Gasteiger partial charge >= 0.3 is 0 Å². The van der Waals surface area contributed by atoms with E-state index in [0.29, 0.717) is 12.8 Å². The lowest BCUT2D eigenvalue weighted by atomic mass is 9.87. The molecule has 2 atom stereocenters. The molecule has 0 heterocycles. The summed E-state index contributed by atoms with van der Waals surface area (Å²) >= 11 is 0. The average Bonchev–Trinajstić information content (AvgIpc) is 2.84. The molecule has 0 aromatic heterocycles. The van der Waals surface area contributed by atoms with Crippen molar-refractivity contribution in [1.82, 2.24) is 5.32 Å². The van der Waals surface area contributed by atoms with Gasteiger partial charge in [-0.15, -0.1) is 0 Å². The number of nitrogens with zero attached hydrogens (tertiary/aromatic N) is 1. The van der Waals surface area contributed by atoms with E-state index in [0.717, 1.165) is 19.3 Å². The summed E-state index contributed by atoms with van der Waals surface area (Å²) in [4.78, 5) is 12.0. The Hall–Kier alpha value is -1.08. The molecule has 17 heavy (non-hydrogen) atoms. The van der Waals surface area contributed by atoms with Crippen molar-refractivity contribution < 1.29 is 9.90 Å². The number of aliphatic hydroxyl groups excluding tert-OH is 1. The number of nitriles is 1. The van der Waals surface area contributed by atoms with Gasteiger partial charge in [0.1, 0.15) is 5.41 Å². The van der Waals surface area contributed by atoms with Crippen LogP contribution in [0.15, 0.2) is 0 Å². The lowest BCUT2D eigenvalue weighted by molar-refractivity contribution is -0.128. The third-order valence-corrected chi connectivity index (χ3v) is 3.88. The summed E-state index contributed by atoms with van der Waals surface area (Å²) < 4.78 is 0. The van der Waals surface area contributed by atoms with E-state index in [1.165, 1.54) is 0 Å². The first-order valence-corrected chi connectivity index (χ1v) is 6.43. The third kappa shape index (κ3) is 3.19. The molecular formula is C13H22N2O2. The number of hydrogen-bond acceptors (Lipinski definition) is 3. The second-order valence-corrected chi connectivity index (χ2v) is 5.06. The summed E-state index contributed by atoms with van der Waals surface area (Å²) in [6.45, 7) is 4.20. The second-order valence-electron chi connectivity index (χ2n) is 5.06. The minimum atomic E-state index is -0.838. The van der Waals surface area contributed by atoms with Gasteiger partial charge in [-0.1, -0.05) is 33.1 Å². The minimum Gasteiger partial charge on any atom is -0.391 e. The largest absolute Gasteiger partial charge is 0.391 e. The van der Waals surface area contributed by atoms with E-state index in [9.17, 15) is 9.90 Å². The molecule has 1 saturated carbocycles. The summed E-state index contributed by atoms with van der Waals surface area (Å²) in [7, 11) is 0. The van der Waals surface area contributed by atoms with Crippen LogP contribution < -0.4 is 5.32 Å². The molecule has 1 fully saturated rings. The lowest BCUT2D eigenvalue weighted by Gasteiger charge is -2.22. The van der Waals surface area contributed by atoms with Crippen molar-refractivity contribution in [3.05, 3.63) is 0 Å². The fourth-order valence-electron chi connectivity index (χ4n) is 2.21. The minimum absolute atomic E-state index is 0.164. The highest BCUT2D eigenvalue weighted by atomic mass is 16.3. The average molecular weight is 238 g/mol. The second kappa shape index (κ2) is 6.02. The highest BCUT2D eigenvalue weighted by molar-refractivity contribution is 5.85. The first-order chi connectivity index (χ1) is 8.05. The van der Waals surface area contributed by atoms with Crippen molar-refractivity contribution in [3.63, 3.8) is 0 Å². The van der Waals surface area contributed by atoms with E-state index in [1.807, 2.05) is 13.8 Å². The molecule has 0 bridgehead atoms. The van der Waals surface area contributed by atoms with E-state index in [1.54, 1.807) is 0 Å². The number of carbonyl (C=O) groups is 1. The van der Waals surface area contributed by atoms with Crippen molar-refractivity contribution in [2.24, 2.45) is 11.3 Å². The van der Waals surface area contributed by atoms with Crippen LogP contribution >= 0.6 is 0 Å². The van der Waals surface area contributed by atoms with Gasteiger partial charge < -0.3 is 10.4 Å². The summed E-state index contributed by atoms with van der Waals surface area (Å²) in [5.41, 5.74) is -0.838. The SMILES string of the molecule is CCC(C)C(O)CNC(=O)C1(C#N)CCCC1. The Labute approximate surface area is 103 Å². The summed E-state index contributed by atoms with van der Waals surface area (Å²) in [5, 5.41) is 21.6. The Balaban J connectivity index is 2.47. The van der Waals surface area contributed by atoms with E-state index >= 15 is 0 Å². The summed E-state index contributed by atoms with van der Waals surface area (Å²) in [5.74, 6) is -0.0447. The van der Waals surface area contributed by atoms with Gasteiger partial charge in [0.15, 0.2) is 0 Å². The van der Waals surface area contributed by atoms with Crippen LogP contribution in [0.1, 0.15) is 46.0 Å². The van der Waals surface area contributed by atoms with Crippen molar-refractivity contribution in [2.45, 2.75) is 52.1 Å². The van der Waals surface area contributed by atoms with Gasteiger partial charge in [0.25, 0.3) is 0 Å². The molecule has 0 aromatic rings. The van der Waals surface area contributed by atoms with Crippen LogP contribution in [0.25, 0.3) is 0 Å².